The summed E-state index contributed by atoms with van der Waals surface area (Å²) in [5.74, 6) is 0. The first-order chi connectivity index (χ1) is 22.8. The Bertz CT molecular complexity index is 2660. The number of aromatic nitrogens is 1. The van der Waals surface area contributed by atoms with Crippen molar-refractivity contribution in [2.45, 2.75) is 9.79 Å². The summed E-state index contributed by atoms with van der Waals surface area (Å²) in [7, 11) is 0. The lowest BCUT2D eigenvalue weighted by atomic mass is 9.89. The molecule has 0 radical (unpaired) electrons. The summed E-state index contributed by atoms with van der Waals surface area (Å²) in [5, 5.41) is 7.72. The summed E-state index contributed by atoms with van der Waals surface area (Å²) in [4.78, 5) is 2.65. The fourth-order valence-corrected chi connectivity index (χ4v) is 8.66. The highest BCUT2D eigenvalue weighted by atomic mass is 32.2. The molecule has 214 valence electrons. The Kier molecular flexibility index (Phi) is 5.58. The average Bonchev–Trinajstić information content (AvgIpc) is 3.44. The van der Waals surface area contributed by atoms with Gasteiger partial charge >= 0.3 is 0 Å². The SMILES string of the molecule is c1ccc(-n2c3cc4ccccc4cc3c3c(-c4ccccc4-c4ccc5c(c4)-c4cccc6cccc(c46)S5)cccc32)cc1. The third kappa shape index (κ3) is 3.77. The summed E-state index contributed by atoms with van der Waals surface area (Å²) >= 11 is 1.88. The van der Waals surface area contributed by atoms with Crippen molar-refractivity contribution >= 4 is 55.1 Å². The molecule has 46 heavy (non-hydrogen) atoms. The van der Waals surface area contributed by atoms with E-state index in [1.165, 1.54) is 92.2 Å². The summed E-state index contributed by atoms with van der Waals surface area (Å²) in [6.45, 7) is 0. The lowest BCUT2D eigenvalue weighted by molar-refractivity contribution is 1.18. The molecule has 8 aromatic carbocycles. The molecule has 0 fully saturated rings. The number of para-hydroxylation sites is 1. The van der Waals surface area contributed by atoms with Gasteiger partial charge in [-0.3, -0.25) is 0 Å². The fourth-order valence-electron chi connectivity index (χ4n) is 7.53. The minimum Gasteiger partial charge on any atom is -0.309 e. The van der Waals surface area contributed by atoms with Gasteiger partial charge < -0.3 is 4.57 Å². The Morgan fingerprint density at radius 1 is 0.370 bits per heavy atom. The van der Waals surface area contributed by atoms with Crippen LogP contribution in [0.1, 0.15) is 0 Å². The predicted molar refractivity (Wildman–Crippen MR) is 196 cm³/mol. The van der Waals surface area contributed by atoms with Crippen LogP contribution in [0.4, 0.5) is 0 Å². The van der Waals surface area contributed by atoms with E-state index in [1.54, 1.807) is 0 Å². The maximum atomic E-state index is 2.43. The number of rotatable bonds is 3. The lowest BCUT2D eigenvalue weighted by Crippen LogP contribution is -1.94. The van der Waals surface area contributed by atoms with E-state index in [0.29, 0.717) is 0 Å². The van der Waals surface area contributed by atoms with Crippen molar-refractivity contribution in [3.05, 3.63) is 164 Å². The Morgan fingerprint density at radius 2 is 1.02 bits per heavy atom. The van der Waals surface area contributed by atoms with Crippen LogP contribution in [0.5, 0.6) is 0 Å². The van der Waals surface area contributed by atoms with Gasteiger partial charge in [0, 0.05) is 31.6 Å². The lowest BCUT2D eigenvalue weighted by Gasteiger charge is -2.21. The van der Waals surface area contributed by atoms with E-state index in [0.717, 1.165) is 0 Å². The second-order valence-corrected chi connectivity index (χ2v) is 13.2. The molecule has 0 aliphatic carbocycles. The van der Waals surface area contributed by atoms with Crippen LogP contribution in [-0.2, 0) is 0 Å². The monoisotopic (exact) mass is 601 g/mol. The predicted octanol–water partition coefficient (Wildman–Crippen LogP) is 12.6. The van der Waals surface area contributed by atoms with Gasteiger partial charge in [-0.05, 0) is 98.1 Å². The van der Waals surface area contributed by atoms with Crippen molar-refractivity contribution in [2.75, 3.05) is 0 Å². The maximum Gasteiger partial charge on any atom is 0.0547 e. The van der Waals surface area contributed by atoms with Crippen LogP contribution in [0.2, 0.25) is 0 Å². The van der Waals surface area contributed by atoms with Crippen molar-refractivity contribution in [3.8, 4) is 39.1 Å². The molecule has 0 spiro atoms. The first kappa shape index (κ1) is 25.7. The van der Waals surface area contributed by atoms with Gasteiger partial charge in [0.15, 0.2) is 0 Å². The van der Waals surface area contributed by atoms with Gasteiger partial charge in [0.05, 0.1) is 11.0 Å². The van der Waals surface area contributed by atoms with E-state index in [2.05, 4.69) is 168 Å². The van der Waals surface area contributed by atoms with Crippen molar-refractivity contribution in [2.24, 2.45) is 0 Å². The minimum atomic E-state index is 1.17. The van der Waals surface area contributed by atoms with E-state index in [9.17, 15) is 0 Å². The third-order valence-electron chi connectivity index (χ3n) is 9.56. The molecular formula is C44H27NS. The number of hydrogen-bond acceptors (Lipinski definition) is 1. The Hall–Kier alpha value is -5.57. The highest BCUT2D eigenvalue weighted by Crippen LogP contribution is 2.50. The Morgan fingerprint density at radius 3 is 1.87 bits per heavy atom. The van der Waals surface area contributed by atoms with E-state index < -0.39 is 0 Å². The normalized spacial score (nSPS) is 12.3. The van der Waals surface area contributed by atoms with Crippen LogP contribution in [0.25, 0.3) is 82.4 Å². The zero-order valence-corrected chi connectivity index (χ0v) is 25.8. The molecule has 9 aromatic rings. The molecular weight excluding hydrogens is 575 g/mol. The molecule has 0 unspecified atom stereocenters. The molecule has 0 saturated carbocycles. The van der Waals surface area contributed by atoms with E-state index in [-0.39, 0.29) is 0 Å². The molecule has 1 aliphatic rings. The topological polar surface area (TPSA) is 4.93 Å². The zero-order valence-electron chi connectivity index (χ0n) is 24.9. The molecule has 2 heteroatoms. The molecule has 0 N–H and O–H groups in total. The van der Waals surface area contributed by atoms with E-state index in [1.807, 2.05) is 11.8 Å². The number of benzene rings is 8. The second-order valence-electron chi connectivity index (χ2n) is 12.1. The van der Waals surface area contributed by atoms with Crippen LogP contribution in [0.3, 0.4) is 0 Å². The average molecular weight is 602 g/mol. The van der Waals surface area contributed by atoms with Crippen molar-refractivity contribution in [1.82, 2.24) is 4.57 Å². The van der Waals surface area contributed by atoms with Crippen LogP contribution in [0.15, 0.2) is 174 Å². The molecule has 0 amide bonds. The summed E-state index contributed by atoms with van der Waals surface area (Å²) in [6.07, 6.45) is 0. The third-order valence-corrected chi connectivity index (χ3v) is 10.7. The number of hydrogen-bond donors (Lipinski definition) is 0. The Labute approximate surface area is 271 Å². The first-order valence-corrected chi connectivity index (χ1v) is 16.6. The summed E-state index contributed by atoms with van der Waals surface area (Å²) < 4.78 is 2.43. The maximum absolute atomic E-state index is 2.43. The molecule has 0 bridgehead atoms. The van der Waals surface area contributed by atoms with Gasteiger partial charge in [0.1, 0.15) is 0 Å². The quantitative estimate of drug-likeness (QED) is 0.195. The Balaban J connectivity index is 1.24. The fraction of sp³-hybridized carbons (Fsp3) is 0. The molecule has 2 heterocycles. The highest BCUT2D eigenvalue weighted by molar-refractivity contribution is 7.99. The smallest absolute Gasteiger partial charge is 0.0547 e. The van der Waals surface area contributed by atoms with Gasteiger partial charge in [-0.25, -0.2) is 0 Å². The first-order valence-electron chi connectivity index (χ1n) is 15.8. The van der Waals surface area contributed by atoms with Crippen LogP contribution < -0.4 is 0 Å². The van der Waals surface area contributed by atoms with Gasteiger partial charge in [-0.1, -0.05) is 127 Å². The van der Waals surface area contributed by atoms with Crippen LogP contribution >= 0.6 is 11.8 Å². The van der Waals surface area contributed by atoms with Crippen molar-refractivity contribution in [1.29, 1.82) is 0 Å². The van der Waals surface area contributed by atoms with Crippen LogP contribution in [-0.4, -0.2) is 4.57 Å². The highest BCUT2D eigenvalue weighted by Gasteiger charge is 2.22. The molecule has 1 nitrogen and oxygen atoms in total. The van der Waals surface area contributed by atoms with E-state index >= 15 is 0 Å². The van der Waals surface area contributed by atoms with Gasteiger partial charge in [-0.15, -0.1) is 0 Å². The van der Waals surface area contributed by atoms with Gasteiger partial charge in [-0.2, -0.15) is 0 Å². The summed E-state index contributed by atoms with van der Waals surface area (Å²) in [5.41, 5.74) is 11.2. The molecule has 1 aromatic heterocycles. The van der Waals surface area contributed by atoms with Crippen molar-refractivity contribution in [3.63, 3.8) is 0 Å². The number of fused-ring (bicyclic) bond motifs is 6. The number of nitrogens with zero attached hydrogens (tertiary/aromatic N) is 1. The zero-order chi connectivity index (χ0) is 30.2. The molecule has 0 saturated heterocycles. The largest absolute Gasteiger partial charge is 0.309 e. The second kappa shape index (κ2) is 9.97. The van der Waals surface area contributed by atoms with E-state index in [4.69, 9.17) is 0 Å². The van der Waals surface area contributed by atoms with Crippen molar-refractivity contribution < 1.29 is 0 Å². The summed E-state index contributed by atoms with van der Waals surface area (Å²) in [6, 6.07) is 60.3. The molecule has 1 aliphatic heterocycles. The van der Waals surface area contributed by atoms with Crippen LogP contribution in [0, 0.1) is 0 Å². The molecule has 10 rings (SSSR count). The standard InChI is InChI=1S/C44H27NS/c1-2-15-32(16-3-1)45-39-21-10-20-35(44(39)38-25-29-11-4-5-12-30(29)27-40(38)45)34-18-7-6-17-33(34)31-23-24-41-37(26-31)36-19-8-13-28-14-9-22-42(46-41)43(28)36/h1-27H. The minimum absolute atomic E-state index is 1.17. The van der Waals surface area contributed by atoms with Gasteiger partial charge in [0.2, 0.25) is 0 Å². The molecule has 0 atom stereocenters. The van der Waals surface area contributed by atoms with Gasteiger partial charge in [0.25, 0.3) is 0 Å².